The van der Waals surface area contributed by atoms with Gasteiger partial charge < -0.3 is 20.6 Å². The van der Waals surface area contributed by atoms with Gasteiger partial charge in [0.1, 0.15) is 0 Å². The van der Waals surface area contributed by atoms with Crippen molar-refractivity contribution in [2.24, 2.45) is 0 Å². The standard InChI is InChI=1S/C12H16N4O5/c1-15(2)12(19)14-6-5-13-10-7-8(16(20)21)3-4-9(10)11(17)18/h3-4,7,13H,5-6H2,1-2H3,(H,14,19)(H,17,18). The van der Waals surface area contributed by atoms with E-state index in [1.807, 2.05) is 0 Å². The lowest BCUT2D eigenvalue weighted by Crippen LogP contribution is -2.37. The number of hydrogen-bond donors (Lipinski definition) is 3. The van der Waals surface area contributed by atoms with Gasteiger partial charge in [-0.15, -0.1) is 0 Å². The number of aromatic carboxylic acids is 1. The Morgan fingerprint density at radius 3 is 2.52 bits per heavy atom. The van der Waals surface area contributed by atoms with Gasteiger partial charge >= 0.3 is 12.0 Å². The summed E-state index contributed by atoms with van der Waals surface area (Å²) in [6.45, 7) is 0.486. The van der Waals surface area contributed by atoms with Gasteiger partial charge in [-0.3, -0.25) is 10.1 Å². The summed E-state index contributed by atoms with van der Waals surface area (Å²) >= 11 is 0. The van der Waals surface area contributed by atoms with Gasteiger partial charge in [0.2, 0.25) is 0 Å². The maximum absolute atomic E-state index is 11.3. The Balaban J connectivity index is 2.72. The average molecular weight is 296 g/mol. The highest BCUT2D eigenvalue weighted by atomic mass is 16.6. The van der Waals surface area contributed by atoms with E-state index in [0.717, 1.165) is 12.1 Å². The summed E-state index contributed by atoms with van der Waals surface area (Å²) in [5.41, 5.74) is -0.143. The molecule has 114 valence electrons. The molecule has 0 saturated carbocycles. The third-order valence-corrected chi connectivity index (χ3v) is 2.57. The van der Waals surface area contributed by atoms with Crippen LogP contribution in [0.5, 0.6) is 0 Å². The van der Waals surface area contributed by atoms with Gasteiger partial charge in [0.25, 0.3) is 5.69 Å². The first kappa shape index (κ1) is 16.2. The molecule has 1 rings (SSSR count). The van der Waals surface area contributed by atoms with E-state index in [1.165, 1.54) is 11.0 Å². The Morgan fingerprint density at radius 2 is 2.00 bits per heavy atom. The maximum atomic E-state index is 11.3. The van der Waals surface area contributed by atoms with Gasteiger partial charge in [-0.25, -0.2) is 9.59 Å². The number of rotatable bonds is 6. The van der Waals surface area contributed by atoms with Crippen LogP contribution in [0.1, 0.15) is 10.4 Å². The molecular formula is C12H16N4O5. The van der Waals surface area contributed by atoms with Gasteiger partial charge in [-0.1, -0.05) is 0 Å². The highest BCUT2D eigenvalue weighted by Gasteiger charge is 2.15. The second kappa shape index (κ2) is 7.08. The van der Waals surface area contributed by atoms with Gasteiger partial charge in [0, 0.05) is 39.3 Å². The third kappa shape index (κ3) is 4.64. The van der Waals surface area contributed by atoms with Crippen LogP contribution in [-0.4, -0.2) is 54.1 Å². The van der Waals surface area contributed by atoms with Crippen LogP contribution in [0.3, 0.4) is 0 Å². The molecular weight excluding hydrogens is 280 g/mol. The Hall–Kier alpha value is -2.84. The number of benzene rings is 1. The van der Waals surface area contributed by atoms with E-state index in [9.17, 15) is 19.7 Å². The minimum atomic E-state index is -1.19. The van der Waals surface area contributed by atoms with Crippen molar-refractivity contribution in [3.8, 4) is 0 Å². The van der Waals surface area contributed by atoms with Crippen molar-refractivity contribution in [1.29, 1.82) is 0 Å². The highest BCUT2D eigenvalue weighted by molar-refractivity contribution is 5.94. The van der Waals surface area contributed by atoms with Crippen LogP contribution in [0.15, 0.2) is 18.2 Å². The Kier molecular flexibility index (Phi) is 5.47. The topological polar surface area (TPSA) is 125 Å². The van der Waals surface area contributed by atoms with Crippen LogP contribution in [0, 0.1) is 10.1 Å². The number of nitrogens with zero attached hydrogens (tertiary/aromatic N) is 2. The van der Waals surface area contributed by atoms with E-state index in [2.05, 4.69) is 10.6 Å². The Bertz CT molecular complexity index is 559. The molecule has 1 aromatic rings. The predicted molar refractivity (Wildman–Crippen MR) is 75.6 cm³/mol. The number of anilines is 1. The Labute approximate surface area is 120 Å². The van der Waals surface area contributed by atoms with E-state index < -0.39 is 10.9 Å². The first-order chi connectivity index (χ1) is 9.82. The number of nitro groups is 1. The first-order valence-electron chi connectivity index (χ1n) is 6.03. The second-order valence-corrected chi connectivity index (χ2v) is 4.35. The van der Waals surface area contributed by atoms with Crippen molar-refractivity contribution < 1.29 is 19.6 Å². The molecule has 0 heterocycles. The van der Waals surface area contributed by atoms with Crippen molar-refractivity contribution in [3.63, 3.8) is 0 Å². The zero-order chi connectivity index (χ0) is 16.0. The van der Waals surface area contributed by atoms with Gasteiger partial charge in [0.05, 0.1) is 16.2 Å². The fourth-order valence-corrected chi connectivity index (χ4v) is 1.50. The van der Waals surface area contributed by atoms with E-state index in [-0.39, 0.29) is 36.1 Å². The molecule has 0 atom stereocenters. The number of carbonyl (C=O) groups excluding carboxylic acids is 1. The number of nitrogens with one attached hydrogen (secondary N) is 2. The molecule has 0 aromatic heterocycles. The van der Waals surface area contributed by atoms with E-state index in [0.29, 0.717) is 0 Å². The minimum absolute atomic E-state index is 0.0699. The zero-order valence-electron chi connectivity index (χ0n) is 11.6. The summed E-state index contributed by atoms with van der Waals surface area (Å²) in [7, 11) is 3.18. The lowest BCUT2D eigenvalue weighted by Gasteiger charge is -2.13. The molecule has 0 aliphatic carbocycles. The van der Waals surface area contributed by atoms with Gasteiger partial charge in [-0.05, 0) is 6.07 Å². The van der Waals surface area contributed by atoms with Crippen LogP contribution >= 0.6 is 0 Å². The fourth-order valence-electron chi connectivity index (χ4n) is 1.50. The van der Waals surface area contributed by atoms with Crippen molar-refractivity contribution >= 4 is 23.4 Å². The monoisotopic (exact) mass is 296 g/mol. The summed E-state index contributed by atoms with van der Waals surface area (Å²) < 4.78 is 0. The first-order valence-corrected chi connectivity index (χ1v) is 6.03. The molecule has 0 saturated heterocycles. The van der Waals surface area contributed by atoms with E-state index in [4.69, 9.17) is 5.11 Å². The second-order valence-electron chi connectivity index (χ2n) is 4.35. The molecule has 2 amide bonds. The van der Waals surface area contributed by atoms with Crippen molar-refractivity contribution in [2.45, 2.75) is 0 Å². The molecule has 3 N–H and O–H groups in total. The summed E-state index contributed by atoms with van der Waals surface area (Å²) in [6, 6.07) is 3.16. The fraction of sp³-hybridized carbons (Fsp3) is 0.333. The van der Waals surface area contributed by atoms with Crippen molar-refractivity contribution in [3.05, 3.63) is 33.9 Å². The number of carboxylic acids is 1. The molecule has 9 nitrogen and oxygen atoms in total. The number of carboxylic acid groups (broad SMARTS) is 1. The molecule has 21 heavy (non-hydrogen) atoms. The molecule has 0 fully saturated rings. The van der Waals surface area contributed by atoms with Gasteiger partial charge in [0.15, 0.2) is 0 Å². The average Bonchev–Trinajstić information content (AvgIpc) is 2.42. The molecule has 0 unspecified atom stereocenters. The number of non-ortho nitro benzene ring substituents is 1. The number of hydrogen-bond acceptors (Lipinski definition) is 5. The smallest absolute Gasteiger partial charge is 0.337 e. The lowest BCUT2D eigenvalue weighted by atomic mass is 10.1. The van der Waals surface area contributed by atoms with Gasteiger partial charge in [-0.2, -0.15) is 0 Å². The van der Waals surface area contributed by atoms with Crippen LogP contribution in [0.2, 0.25) is 0 Å². The number of amides is 2. The van der Waals surface area contributed by atoms with Crippen LogP contribution in [0.25, 0.3) is 0 Å². The summed E-state index contributed by atoms with van der Waals surface area (Å²) in [6.07, 6.45) is 0. The lowest BCUT2D eigenvalue weighted by molar-refractivity contribution is -0.384. The Morgan fingerprint density at radius 1 is 1.33 bits per heavy atom. The molecule has 0 spiro atoms. The third-order valence-electron chi connectivity index (χ3n) is 2.57. The van der Waals surface area contributed by atoms with Crippen molar-refractivity contribution in [1.82, 2.24) is 10.2 Å². The summed E-state index contributed by atoms with van der Waals surface area (Å²) in [5.74, 6) is -1.19. The molecule has 0 aliphatic rings. The number of nitro benzene ring substituents is 1. The highest BCUT2D eigenvalue weighted by Crippen LogP contribution is 2.22. The summed E-state index contributed by atoms with van der Waals surface area (Å²) in [5, 5.41) is 25.1. The van der Waals surface area contributed by atoms with Crippen molar-refractivity contribution in [2.75, 3.05) is 32.5 Å². The van der Waals surface area contributed by atoms with Crippen LogP contribution < -0.4 is 10.6 Å². The summed E-state index contributed by atoms with van der Waals surface area (Å²) in [4.78, 5) is 33.8. The molecule has 0 bridgehead atoms. The van der Waals surface area contributed by atoms with Crippen LogP contribution in [-0.2, 0) is 0 Å². The maximum Gasteiger partial charge on any atom is 0.337 e. The molecule has 0 radical (unpaired) electrons. The minimum Gasteiger partial charge on any atom is -0.478 e. The molecule has 0 aliphatic heterocycles. The van der Waals surface area contributed by atoms with Crippen LogP contribution in [0.4, 0.5) is 16.2 Å². The number of urea groups is 1. The van der Waals surface area contributed by atoms with E-state index in [1.54, 1.807) is 14.1 Å². The SMILES string of the molecule is CN(C)C(=O)NCCNc1cc([N+](=O)[O-])ccc1C(=O)O. The van der Waals surface area contributed by atoms with E-state index >= 15 is 0 Å². The largest absolute Gasteiger partial charge is 0.478 e. The normalized spacial score (nSPS) is 9.81. The predicted octanol–water partition coefficient (Wildman–Crippen LogP) is 0.976. The molecule has 1 aromatic carbocycles. The molecule has 9 heteroatoms. The zero-order valence-corrected chi connectivity index (χ0v) is 11.6. The quantitative estimate of drug-likeness (QED) is 0.408. The number of carbonyl (C=O) groups is 2.